The molecule has 1 saturated heterocycles. The summed E-state index contributed by atoms with van der Waals surface area (Å²) in [7, 11) is 1.87. The average Bonchev–Trinajstić information content (AvgIpc) is 2.76. The lowest BCUT2D eigenvalue weighted by Gasteiger charge is -2.33. The molecule has 0 bridgehead atoms. The summed E-state index contributed by atoms with van der Waals surface area (Å²) in [6.45, 7) is 6.28. The number of nitrogens with zero attached hydrogens (tertiary/aromatic N) is 5. The van der Waals surface area contributed by atoms with Crippen LogP contribution in [-0.2, 0) is 19.5 Å². The fraction of sp³-hybridized carbons (Fsp3) is 0.812. The molecule has 0 amide bonds. The van der Waals surface area contributed by atoms with Crippen LogP contribution in [0.15, 0.2) is 4.99 Å². The maximum atomic E-state index is 4.45. The van der Waals surface area contributed by atoms with Crippen LogP contribution in [0.4, 0.5) is 0 Å². The van der Waals surface area contributed by atoms with Crippen molar-refractivity contribution in [1.29, 1.82) is 0 Å². The Hall–Kier alpha value is -1.59. The van der Waals surface area contributed by atoms with Gasteiger partial charge in [0.25, 0.3) is 0 Å². The van der Waals surface area contributed by atoms with E-state index in [1.165, 1.54) is 32.1 Å². The lowest BCUT2D eigenvalue weighted by Crippen LogP contribution is -2.46. The number of piperidine rings is 1. The zero-order valence-electron chi connectivity index (χ0n) is 13.9. The van der Waals surface area contributed by atoms with Crippen molar-refractivity contribution in [1.82, 2.24) is 25.0 Å². The Kier molecular flexibility index (Phi) is 4.95. The molecule has 3 heterocycles. The molecule has 1 fully saturated rings. The SMILES string of the molecule is CN=C(NCc1nnc2n1CCCCC2)N1CCCC(C)C1. The van der Waals surface area contributed by atoms with E-state index in [2.05, 4.69) is 36.9 Å². The Bertz CT molecular complexity index is 521. The summed E-state index contributed by atoms with van der Waals surface area (Å²) in [5.41, 5.74) is 0. The Balaban J connectivity index is 1.62. The number of aromatic nitrogens is 3. The van der Waals surface area contributed by atoms with Crippen molar-refractivity contribution in [3.05, 3.63) is 11.6 Å². The third kappa shape index (κ3) is 3.42. The van der Waals surface area contributed by atoms with Crippen LogP contribution in [0, 0.1) is 5.92 Å². The molecule has 2 aliphatic heterocycles. The van der Waals surface area contributed by atoms with Crippen molar-refractivity contribution in [3.8, 4) is 0 Å². The van der Waals surface area contributed by atoms with Crippen molar-refractivity contribution in [2.45, 2.75) is 58.5 Å². The Morgan fingerprint density at radius 3 is 2.95 bits per heavy atom. The predicted octanol–water partition coefficient (Wildman–Crippen LogP) is 1.81. The monoisotopic (exact) mass is 304 g/mol. The number of aryl methyl sites for hydroxylation is 1. The zero-order valence-corrected chi connectivity index (χ0v) is 13.9. The summed E-state index contributed by atoms with van der Waals surface area (Å²) in [5.74, 6) is 3.94. The van der Waals surface area contributed by atoms with Crippen LogP contribution in [0.1, 0.15) is 50.7 Å². The number of nitrogens with one attached hydrogen (secondary N) is 1. The van der Waals surface area contributed by atoms with Crippen LogP contribution in [0.5, 0.6) is 0 Å². The van der Waals surface area contributed by atoms with Gasteiger partial charge in [0.05, 0.1) is 6.54 Å². The third-order valence-electron chi connectivity index (χ3n) is 4.76. The van der Waals surface area contributed by atoms with Crippen LogP contribution in [0.3, 0.4) is 0 Å². The van der Waals surface area contributed by atoms with Gasteiger partial charge in [0.15, 0.2) is 11.8 Å². The van der Waals surface area contributed by atoms with Crippen LogP contribution < -0.4 is 5.32 Å². The van der Waals surface area contributed by atoms with Gasteiger partial charge in [0.2, 0.25) is 0 Å². The standard InChI is InChI=1S/C16H28N6/c1-13-7-6-9-21(12-13)16(17-2)18-11-15-20-19-14-8-4-3-5-10-22(14)15/h13H,3-12H2,1-2H3,(H,17,18). The van der Waals surface area contributed by atoms with E-state index < -0.39 is 0 Å². The highest BCUT2D eigenvalue weighted by atomic mass is 15.3. The van der Waals surface area contributed by atoms with E-state index >= 15 is 0 Å². The molecule has 2 aliphatic rings. The van der Waals surface area contributed by atoms with Gasteiger partial charge in [-0.1, -0.05) is 13.3 Å². The molecule has 1 unspecified atom stereocenters. The summed E-state index contributed by atoms with van der Waals surface area (Å²) >= 11 is 0. The summed E-state index contributed by atoms with van der Waals surface area (Å²) < 4.78 is 2.30. The molecule has 0 spiro atoms. The molecule has 6 heteroatoms. The van der Waals surface area contributed by atoms with Gasteiger partial charge < -0.3 is 14.8 Å². The first-order valence-corrected chi connectivity index (χ1v) is 8.64. The molecule has 22 heavy (non-hydrogen) atoms. The summed E-state index contributed by atoms with van der Waals surface area (Å²) in [5, 5.41) is 12.2. The molecule has 1 N–H and O–H groups in total. The van der Waals surface area contributed by atoms with Crippen LogP contribution in [-0.4, -0.2) is 45.8 Å². The Labute approximate surface area is 133 Å². The summed E-state index contributed by atoms with van der Waals surface area (Å²) in [6, 6.07) is 0. The fourth-order valence-corrected chi connectivity index (χ4v) is 3.55. The molecule has 0 aliphatic carbocycles. The number of aliphatic imine (C=N–C) groups is 1. The molecule has 0 radical (unpaired) electrons. The maximum Gasteiger partial charge on any atom is 0.194 e. The van der Waals surface area contributed by atoms with Gasteiger partial charge in [-0.15, -0.1) is 10.2 Å². The highest BCUT2D eigenvalue weighted by molar-refractivity contribution is 5.79. The van der Waals surface area contributed by atoms with E-state index in [1.54, 1.807) is 0 Å². The van der Waals surface area contributed by atoms with Gasteiger partial charge in [-0.25, -0.2) is 0 Å². The first-order chi connectivity index (χ1) is 10.8. The Morgan fingerprint density at radius 1 is 1.23 bits per heavy atom. The fourth-order valence-electron chi connectivity index (χ4n) is 3.55. The first-order valence-electron chi connectivity index (χ1n) is 8.64. The predicted molar refractivity (Wildman–Crippen MR) is 87.7 cm³/mol. The molecule has 0 aromatic carbocycles. The number of hydrogen-bond acceptors (Lipinski definition) is 3. The van der Waals surface area contributed by atoms with E-state index in [-0.39, 0.29) is 0 Å². The lowest BCUT2D eigenvalue weighted by molar-refractivity contribution is 0.265. The van der Waals surface area contributed by atoms with E-state index in [0.29, 0.717) is 6.54 Å². The molecule has 1 aromatic rings. The van der Waals surface area contributed by atoms with E-state index in [1.807, 2.05) is 7.05 Å². The van der Waals surface area contributed by atoms with E-state index in [0.717, 1.165) is 49.6 Å². The molecule has 6 nitrogen and oxygen atoms in total. The minimum Gasteiger partial charge on any atom is -0.349 e. The van der Waals surface area contributed by atoms with Gasteiger partial charge in [0, 0.05) is 33.1 Å². The minimum atomic E-state index is 0.713. The molecule has 1 atom stereocenters. The van der Waals surface area contributed by atoms with Crippen molar-refractivity contribution in [2.75, 3.05) is 20.1 Å². The van der Waals surface area contributed by atoms with Gasteiger partial charge in [-0.05, 0) is 31.6 Å². The van der Waals surface area contributed by atoms with Gasteiger partial charge in [-0.3, -0.25) is 4.99 Å². The number of likely N-dealkylation sites (tertiary alicyclic amines) is 1. The second-order valence-electron chi connectivity index (χ2n) is 6.59. The number of rotatable bonds is 2. The summed E-state index contributed by atoms with van der Waals surface area (Å²) in [6.07, 6.45) is 7.40. The van der Waals surface area contributed by atoms with Crippen molar-refractivity contribution >= 4 is 5.96 Å². The molecule has 1 aromatic heterocycles. The average molecular weight is 304 g/mol. The molecular weight excluding hydrogens is 276 g/mol. The van der Waals surface area contributed by atoms with Gasteiger partial charge >= 0.3 is 0 Å². The smallest absolute Gasteiger partial charge is 0.194 e. The lowest BCUT2D eigenvalue weighted by atomic mass is 10.0. The van der Waals surface area contributed by atoms with Crippen LogP contribution >= 0.6 is 0 Å². The van der Waals surface area contributed by atoms with Gasteiger partial charge in [0.1, 0.15) is 5.82 Å². The number of guanidine groups is 1. The summed E-state index contributed by atoms with van der Waals surface area (Å²) in [4.78, 5) is 6.82. The first kappa shape index (κ1) is 15.3. The minimum absolute atomic E-state index is 0.713. The maximum absolute atomic E-state index is 4.45. The quantitative estimate of drug-likeness (QED) is 0.669. The highest BCUT2D eigenvalue weighted by Crippen LogP contribution is 2.16. The highest BCUT2D eigenvalue weighted by Gasteiger charge is 2.20. The van der Waals surface area contributed by atoms with E-state index in [9.17, 15) is 0 Å². The molecular formula is C16H28N6. The van der Waals surface area contributed by atoms with Crippen molar-refractivity contribution < 1.29 is 0 Å². The van der Waals surface area contributed by atoms with Crippen molar-refractivity contribution in [3.63, 3.8) is 0 Å². The Morgan fingerprint density at radius 2 is 2.14 bits per heavy atom. The second kappa shape index (κ2) is 7.11. The number of fused-ring (bicyclic) bond motifs is 1. The second-order valence-corrected chi connectivity index (χ2v) is 6.59. The molecule has 3 rings (SSSR count). The normalized spacial score (nSPS) is 23.1. The van der Waals surface area contributed by atoms with E-state index in [4.69, 9.17) is 0 Å². The van der Waals surface area contributed by atoms with Crippen molar-refractivity contribution in [2.24, 2.45) is 10.9 Å². The third-order valence-corrected chi connectivity index (χ3v) is 4.76. The van der Waals surface area contributed by atoms with Gasteiger partial charge in [-0.2, -0.15) is 0 Å². The molecule has 0 saturated carbocycles. The largest absolute Gasteiger partial charge is 0.349 e. The van der Waals surface area contributed by atoms with Crippen LogP contribution in [0.25, 0.3) is 0 Å². The number of hydrogen-bond donors (Lipinski definition) is 1. The molecule has 122 valence electrons. The topological polar surface area (TPSA) is 58.3 Å². The van der Waals surface area contributed by atoms with Crippen LogP contribution in [0.2, 0.25) is 0 Å². The zero-order chi connectivity index (χ0) is 15.4.